The highest BCUT2D eigenvalue weighted by molar-refractivity contribution is 5.72. The molecule has 2 fully saturated rings. The maximum Gasteiger partial charge on any atom is 0.310 e. The van der Waals surface area contributed by atoms with E-state index in [1.165, 1.54) is 32.8 Å². The third kappa shape index (κ3) is 5.26. The minimum absolute atomic E-state index is 0.0311. The molecule has 1 saturated carbocycles. The fourth-order valence-corrected chi connectivity index (χ4v) is 3.89. The predicted molar refractivity (Wildman–Crippen MR) is 85.1 cm³/mol. The van der Waals surface area contributed by atoms with Crippen molar-refractivity contribution in [1.82, 2.24) is 10.2 Å². The zero-order valence-electron chi connectivity index (χ0n) is 13.9. The molecule has 4 nitrogen and oxygen atoms in total. The van der Waals surface area contributed by atoms with Gasteiger partial charge in [0.2, 0.25) is 0 Å². The number of ether oxygens (including phenoxy) is 1. The van der Waals surface area contributed by atoms with E-state index in [-0.39, 0.29) is 11.9 Å². The molecule has 1 aliphatic carbocycles. The Morgan fingerprint density at radius 2 is 2.00 bits per heavy atom. The van der Waals surface area contributed by atoms with Crippen LogP contribution in [0.4, 0.5) is 0 Å². The molecule has 0 aromatic heterocycles. The van der Waals surface area contributed by atoms with Crippen molar-refractivity contribution in [2.75, 3.05) is 33.3 Å². The molecular weight excluding hydrogens is 264 g/mol. The van der Waals surface area contributed by atoms with Gasteiger partial charge in [0.1, 0.15) is 0 Å². The van der Waals surface area contributed by atoms with E-state index in [1.54, 1.807) is 0 Å². The highest BCUT2D eigenvalue weighted by atomic mass is 16.5. The number of esters is 1. The summed E-state index contributed by atoms with van der Waals surface area (Å²) in [4.78, 5) is 14.4. The van der Waals surface area contributed by atoms with Crippen LogP contribution in [0, 0.1) is 17.8 Å². The second kappa shape index (κ2) is 8.14. The number of hydrogen-bond donors (Lipinski definition) is 1. The largest absolute Gasteiger partial charge is 0.469 e. The Hall–Kier alpha value is -0.610. The summed E-state index contributed by atoms with van der Waals surface area (Å²) >= 11 is 0. The Kier molecular flexibility index (Phi) is 6.49. The number of methoxy groups -OCH3 is 1. The van der Waals surface area contributed by atoms with Crippen LogP contribution >= 0.6 is 0 Å². The number of likely N-dealkylation sites (tertiary alicyclic amines) is 1. The molecule has 2 atom stereocenters. The Morgan fingerprint density at radius 3 is 2.62 bits per heavy atom. The topological polar surface area (TPSA) is 41.6 Å². The number of nitrogens with one attached hydrogen (secondary N) is 1. The first-order valence-corrected chi connectivity index (χ1v) is 8.62. The number of hydrogen-bond acceptors (Lipinski definition) is 4. The van der Waals surface area contributed by atoms with E-state index in [9.17, 15) is 4.79 Å². The van der Waals surface area contributed by atoms with Crippen molar-refractivity contribution in [1.29, 1.82) is 0 Å². The molecule has 0 amide bonds. The van der Waals surface area contributed by atoms with Crippen LogP contribution in [0.3, 0.4) is 0 Å². The zero-order valence-corrected chi connectivity index (χ0v) is 13.9. The fourth-order valence-electron chi connectivity index (χ4n) is 3.89. The number of rotatable bonds is 6. The molecule has 1 N–H and O–H groups in total. The molecule has 122 valence electrons. The molecule has 1 saturated heterocycles. The summed E-state index contributed by atoms with van der Waals surface area (Å²) in [6.07, 6.45) is 6.45. The molecule has 1 heterocycles. The first-order chi connectivity index (χ1) is 10.1. The Balaban J connectivity index is 1.86. The monoisotopic (exact) mass is 296 g/mol. The lowest BCUT2D eigenvalue weighted by Crippen LogP contribution is -2.52. The third-order valence-electron chi connectivity index (χ3n) is 4.85. The van der Waals surface area contributed by atoms with Crippen molar-refractivity contribution < 1.29 is 9.53 Å². The summed E-state index contributed by atoms with van der Waals surface area (Å²) in [5, 5.41) is 3.73. The molecule has 0 bridgehead atoms. The molecule has 0 aromatic carbocycles. The van der Waals surface area contributed by atoms with Crippen molar-refractivity contribution in [2.24, 2.45) is 17.8 Å². The zero-order chi connectivity index (χ0) is 15.2. The third-order valence-corrected chi connectivity index (χ3v) is 4.85. The molecule has 4 heteroatoms. The van der Waals surface area contributed by atoms with Gasteiger partial charge in [0.15, 0.2) is 0 Å². The van der Waals surface area contributed by atoms with E-state index < -0.39 is 0 Å². The molecule has 2 unspecified atom stereocenters. The normalized spacial score (nSPS) is 28.2. The van der Waals surface area contributed by atoms with Crippen LogP contribution in [0.2, 0.25) is 0 Å². The van der Waals surface area contributed by atoms with Crippen molar-refractivity contribution in [3.63, 3.8) is 0 Å². The van der Waals surface area contributed by atoms with E-state index in [2.05, 4.69) is 24.1 Å². The van der Waals surface area contributed by atoms with Crippen LogP contribution < -0.4 is 5.32 Å². The summed E-state index contributed by atoms with van der Waals surface area (Å²) in [7, 11) is 1.50. The second-order valence-electron chi connectivity index (χ2n) is 7.32. The molecule has 2 rings (SSSR count). The van der Waals surface area contributed by atoms with Gasteiger partial charge in [-0.25, -0.2) is 0 Å². The van der Waals surface area contributed by atoms with Crippen LogP contribution in [0.15, 0.2) is 0 Å². The summed E-state index contributed by atoms with van der Waals surface area (Å²) in [6, 6.07) is 0.433. The molecule has 21 heavy (non-hydrogen) atoms. The average Bonchev–Trinajstić information content (AvgIpc) is 2.96. The maximum atomic E-state index is 11.9. The highest BCUT2D eigenvalue weighted by Crippen LogP contribution is 2.25. The predicted octanol–water partition coefficient (Wildman–Crippen LogP) is 2.29. The van der Waals surface area contributed by atoms with Crippen LogP contribution in [0.1, 0.15) is 46.0 Å². The first-order valence-electron chi connectivity index (χ1n) is 8.62. The van der Waals surface area contributed by atoms with Gasteiger partial charge in [0.05, 0.1) is 13.0 Å². The minimum atomic E-state index is -0.0453. The van der Waals surface area contributed by atoms with Gasteiger partial charge in [-0.1, -0.05) is 26.7 Å². The van der Waals surface area contributed by atoms with E-state index >= 15 is 0 Å². The van der Waals surface area contributed by atoms with Gasteiger partial charge >= 0.3 is 5.97 Å². The van der Waals surface area contributed by atoms with Crippen molar-refractivity contribution in [3.8, 4) is 0 Å². The van der Waals surface area contributed by atoms with E-state index in [0.717, 1.165) is 38.5 Å². The minimum Gasteiger partial charge on any atom is -0.469 e. The van der Waals surface area contributed by atoms with Crippen molar-refractivity contribution in [3.05, 3.63) is 0 Å². The van der Waals surface area contributed by atoms with E-state index in [4.69, 9.17) is 4.74 Å². The van der Waals surface area contributed by atoms with Crippen molar-refractivity contribution in [2.45, 2.75) is 52.0 Å². The lowest BCUT2D eigenvalue weighted by molar-refractivity contribution is -0.147. The SMILES string of the molecule is COC(=O)C1CC(NCC2CCCC2)CN(CC(C)C)C1. The summed E-state index contributed by atoms with van der Waals surface area (Å²) in [5.41, 5.74) is 0. The quantitative estimate of drug-likeness (QED) is 0.764. The molecule has 1 aliphatic heterocycles. The maximum absolute atomic E-state index is 11.9. The molecular formula is C17H32N2O2. The Morgan fingerprint density at radius 1 is 1.29 bits per heavy atom. The van der Waals surface area contributed by atoms with Crippen LogP contribution in [0.5, 0.6) is 0 Å². The van der Waals surface area contributed by atoms with Gasteiger partial charge in [-0.2, -0.15) is 0 Å². The number of piperidine rings is 1. The van der Waals surface area contributed by atoms with Crippen LogP contribution in [-0.2, 0) is 9.53 Å². The molecule has 0 spiro atoms. The standard InChI is InChI=1S/C17H32N2O2/c1-13(2)10-19-11-15(17(20)21-3)8-16(12-19)18-9-14-6-4-5-7-14/h13-16,18H,4-12H2,1-3H3. The number of nitrogens with zero attached hydrogens (tertiary/aromatic N) is 1. The molecule has 0 aromatic rings. The van der Waals surface area contributed by atoms with E-state index in [0.29, 0.717) is 12.0 Å². The Bertz CT molecular complexity index is 327. The van der Waals surface area contributed by atoms with Gasteiger partial charge in [0.25, 0.3) is 0 Å². The smallest absolute Gasteiger partial charge is 0.310 e. The number of carbonyl (C=O) groups is 1. The van der Waals surface area contributed by atoms with Gasteiger partial charge in [-0.3, -0.25) is 4.79 Å². The second-order valence-corrected chi connectivity index (χ2v) is 7.32. The lowest BCUT2D eigenvalue weighted by Gasteiger charge is -2.38. The lowest BCUT2D eigenvalue weighted by atomic mass is 9.93. The van der Waals surface area contributed by atoms with Gasteiger partial charge in [0, 0.05) is 25.7 Å². The van der Waals surface area contributed by atoms with Crippen LogP contribution in [0.25, 0.3) is 0 Å². The molecule has 2 aliphatic rings. The van der Waals surface area contributed by atoms with Gasteiger partial charge in [-0.15, -0.1) is 0 Å². The summed E-state index contributed by atoms with van der Waals surface area (Å²) in [5.74, 6) is 1.47. The highest BCUT2D eigenvalue weighted by Gasteiger charge is 2.32. The summed E-state index contributed by atoms with van der Waals surface area (Å²) in [6.45, 7) is 8.58. The van der Waals surface area contributed by atoms with Gasteiger partial charge in [-0.05, 0) is 37.6 Å². The first kappa shape index (κ1) is 16.8. The Labute approximate surface area is 129 Å². The number of carbonyl (C=O) groups excluding carboxylic acids is 1. The average molecular weight is 296 g/mol. The van der Waals surface area contributed by atoms with Crippen molar-refractivity contribution >= 4 is 5.97 Å². The summed E-state index contributed by atoms with van der Waals surface area (Å²) < 4.78 is 4.98. The van der Waals surface area contributed by atoms with Gasteiger partial charge < -0.3 is 15.0 Å². The van der Waals surface area contributed by atoms with E-state index in [1.807, 2.05) is 0 Å². The van der Waals surface area contributed by atoms with Crippen LogP contribution in [-0.4, -0.2) is 50.2 Å². The molecule has 0 radical (unpaired) electrons. The fraction of sp³-hybridized carbons (Fsp3) is 0.941.